The molecular weight excluding hydrogens is 270 g/mol. The number of halogens is 1. The van der Waals surface area contributed by atoms with E-state index in [0.29, 0.717) is 22.9 Å². The Hall–Kier alpha value is -2.55. The SMILES string of the molecule is CNc1nc(-n2cncn2)nc(-n2cc(Cl)cn2)n1. The molecule has 3 aromatic rings. The molecule has 3 aromatic heterocycles. The minimum atomic E-state index is 0.330. The lowest BCUT2D eigenvalue weighted by atomic mass is 10.7. The first-order chi connectivity index (χ1) is 9.26. The van der Waals surface area contributed by atoms with E-state index in [1.165, 1.54) is 28.2 Å². The van der Waals surface area contributed by atoms with Crippen LogP contribution in [-0.2, 0) is 0 Å². The lowest BCUT2D eigenvalue weighted by Gasteiger charge is -2.05. The van der Waals surface area contributed by atoms with Gasteiger partial charge in [0.25, 0.3) is 11.9 Å². The van der Waals surface area contributed by atoms with Crippen molar-refractivity contribution in [3.8, 4) is 11.9 Å². The van der Waals surface area contributed by atoms with Gasteiger partial charge in [-0.2, -0.15) is 29.8 Å². The average molecular weight is 278 g/mol. The monoisotopic (exact) mass is 277 g/mol. The largest absolute Gasteiger partial charge is 0.357 e. The van der Waals surface area contributed by atoms with Gasteiger partial charge >= 0.3 is 0 Å². The minimum absolute atomic E-state index is 0.330. The molecule has 3 heterocycles. The van der Waals surface area contributed by atoms with Crippen LogP contribution in [0.25, 0.3) is 11.9 Å². The van der Waals surface area contributed by atoms with Crippen LogP contribution >= 0.6 is 11.6 Å². The number of nitrogens with zero attached hydrogens (tertiary/aromatic N) is 8. The van der Waals surface area contributed by atoms with Gasteiger partial charge in [-0.25, -0.2) is 9.67 Å². The first-order valence-electron chi connectivity index (χ1n) is 5.25. The lowest BCUT2D eigenvalue weighted by molar-refractivity contribution is 0.746. The second kappa shape index (κ2) is 4.61. The first kappa shape index (κ1) is 11.5. The average Bonchev–Trinajstić information content (AvgIpc) is 3.09. The molecule has 0 atom stereocenters. The lowest BCUT2D eigenvalue weighted by Crippen LogP contribution is -2.11. The van der Waals surface area contributed by atoms with Crippen LogP contribution in [0.15, 0.2) is 25.0 Å². The summed E-state index contributed by atoms with van der Waals surface area (Å²) in [7, 11) is 1.71. The molecule has 0 aliphatic carbocycles. The summed E-state index contributed by atoms with van der Waals surface area (Å²) in [5.74, 6) is 1.05. The van der Waals surface area contributed by atoms with E-state index in [4.69, 9.17) is 11.6 Å². The zero-order chi connectivity index (χ0) is 13.2. The fourth-order valence-corrected chi connectivity index (χ4v) is 1.53. The molecule has 0 saturated heterocycles. The van der Waals surface area contributed by atoms with Crippen molar-refractivity contribution in [2.75, 3.05) is 12.4 Å². The Labute approximate surface area is 112 Å². The van der Waals surface area contributed by atoms with Crippen LogP contribution < -0.4 is 5.32 Å². The van der Waals surface area contributed by atoms with Crippen molar-refractivity contribution in [3.05, 3.63) is 30.1 Å². The summed E-state index contributed by atoms with van der Waals surface area (Å²) >= 11 is 5.83. The van der Waals surface area contributed by atoms with Gasteiger partial charge in [-0.05, 0) is 0 Å². The van der Waals surface area contributed by atoms with Crippen LogP contribution in [-0.4, -0.2) is 46.5 Å². The maximum Gasteiger partial charge on any atom is 0.258 e. The Morgan fingerprint density at radius 2 is 1.89 bits per heavy atom. The van der Waals surface area contributed by atoms with Crippen molar-refractivity contribution < 1.29 is 0 Å². The number of hydrogen-bond acceptors (Lipinski definition) is 7. The fraction of sp³-hybridized carbons (Fsp3) is 0.111. The molecule has 1 N–H and O–H groups in total. The summed E-state index contributed by atoms with van der Waals surface area (Å²) in [6.45, 7) is 0. The van der Waals surface area contributed by atoms with Gasteiger partial charge in [-0.1, -0.05) is 11.6 Å². The Bertz CT molecular complexity index is 690. The van der Waals surface area contributed by atoms with Crippen LogP contribution in [0, 0.1) is 0 Å². The highest BCUT2D eigenvalue weighted by atomic mass is 35.5. The maximum atomic E-state index is 5.83. The molecule has 10 heteroatoms. The summed E-state index contributed by atoms with van der Waals surface area (Å²) < 4.78 is 2.88. The highest BCUT2D eigenvalue weighted by Crippen LogP contribution is 2.11. The summed E-state index contributed by atoms with van der Waals surface area (Å²) in [5, 5.41) is 11.4. The number of nitrogens with one attached hydrogen (secondary N) is 1. The molecule has 0 saturated carbocycles. The van der Waals surface area contributed by atoms with Gasteiger partial charge in [0.1, 0.15) is 12.7 Å². The van der Waals surface area contributed by atoms with Crippen molar-refractivity contribution in [1.29, 1.82) is 0 Å². The molecule has 0 aromatic carbocycles. The normalized spacial score (nSPS) is 10.6. The highest BCUT2D eigenvalue weighted by molar-refractivity contribution is 6.30. The Morgan fingerprint density at radius 1 is 1.11 bits per heavy atom. The number of aromatic nitrogens is 8. The molecule has 0 bridgehead atoms. The van der Waals surface area contributed by atoms with Gasteiger partial charge in [0, 0.05) is 7.05 Å². The summed E-state index contributed by atoms with van der Waals surface area (Å²) in [4.78, 5) is 16.5. The van der Waals surface area contributed by atoms with E-state index in [1.54, 1.807) is 13.2 Å². The van der Waals surface area contributed by atoms with Gasteiger partial charge < -0.3 is 5.32 Å². The number of rotatable bonds is 3. The summed E-state index contributed by atoms with van der Waals surface area (Å²) in [6.07, 6.45) is 5.99. The topological polar surface area (TPSA) is 99.2 Å². The molecule has 9 nitrogen and oxygen atoms in total. The summed E-state index contributed by atoms with van der Waals surface area (Å²) in [5.41, 5.74) is 0. The van der Waals surface area contributed by atoms with Gasteiger partial charge in [-0.3, -0.25) is 0 Å². The molecular formula is C9H8ClN9. The first-order valence-corrected chi connectivity index (χ1v) is 5.63. The van der Waals surface area contributed by atoms with Gasteiger partial charge in [0.05, 0.1) is 17.4 Å². The van der Waals surface area contributed by atoms with E-state index in [-0.39, 0.29) is 0 Å². The van der Waals surface area contributed by atoms with Crippen molar-refractivity contribution in [1.82, 2.24) is 39.5 Å². The van der Waals surface area contributed by atoms with E-state index < -0.39 is 0 Å². The Balaban J connectivity index is 2.12. The molecule has 0 fully saturated rings. The van der Waals surface area contributed by atoms with Crippen LogP contribution in [0.4, 0.5) is 5.95 Å². The Morgan fingerprint density at radius 3 is 2.47 bits per heavy atom. The van der Waals surface area contributed by atoms with Crippen LogP contribution in [0.2, 0.25) is 5.02 Å². The van der Waals surface area contributed by atoms with Gasteiger partial charge in [0.2, 0.25) is 5.95 Å². The quantitative estimate of drug-likeness (QED) is 0.736. The van der Waals surface area contributed by atoms with Crippen LogP contribution in [0.1, 0.15) is 0 Å². The molecule has 19 heavy (non-hydrogen) atoms. The van der Waals surface area contributed by atoms with E-state index in [1.807, 2.05) is 0 Å². The molecule has 0 spiro atoms. The van der Waals surface area contributed by atoms with Crippen LogP contribution in [0.3, 0.4) is 0 Å². The smallest absolute Gasteiger partial charge is 0.258 e. The minimum Gasteiger partial charge on any atom is -0.357 e. The second-order valence-electron chi connectivity index (χ2n) is 3.45. The van der Waals surface area contributed by atoms with E-state index in [0.717, 1.165) is 0 Å². The van der Waals surface area contributed by atoms with Crippen molar-refractivity contribution in [2.45, 2.75) is 0 Å². The highest BCUT2D eigenvalue weighted by Gasteiger charge is 2.10. The number of anilines is 1. The van der Waals surface area contributed by atoms with E-state index >= 15 is 0 Å². The summed E-state index contributed by atoms with van der Waals surface area (Å²) in [6, 6.07) is 0. The third-order valence-corrected chi connectivity index (χ3v) is 2.41. The molecule has 3 rings (SSSR count). The Kier molecular flexibility index (Phi) is 2.80. The predicted molar refractivity (Wildman–Crippen MR) is 66.4 cm³/mol. The van der Waals surface area contributed by atoms with Gasteiger partial charge in [0.15, 0.2) is 0 Å². The molecule has 0 amide bonds. The fourth-order valence-electron chi connectivity index (χ4n) is 1.39. The second-order valence-corrected chi connectivity index (χ2v) is 3.89. The molecule has 0 unspecified atom stereocenters. The van der Waals surface area contributed by atoms with E-state index in [9.17, 15) is 0 Å². The standard InChI is InChI=1S/C9H8ClN9/c1-11-7-15-8(18-3-6(10)2-13-18)17-9(16-7)19-5-12-4-14-19/h2-5H,1H3,(H,11,15,16,17). The zero-order valence-electron chi connectivity index (χ0n) is 9.77. The molecule has 96 valence electrons. The number of hydrogen-bond donors (Lipinski definition) is 1. The molecule has 0 radical (unpaired) electrons. The van der Waals surface area contributed by atoms with Crippen molar-refractivity contribution in [3.63, 3.8) is 0 Å². The third kappa shape index (κ3) is 2.22. The maximum absolute atomic E-state index is 5.83. The third-order valence-electron chi connectivity index (χ3n) is 2.22. The van der Waals surface area contributed by atoms with Crippen LogP contribution in [0.5, 0.6) is 0 Å². The zero-order valence-corrected chi connectivity index (χ0v) is 10.5. The van der Waals surface area contributed by atoms with E-state index in [2.05, 4.69) is 35.5 Å². The van der Waals surface area contributed by atoms with Gasteiger partial charge in [-0.15, -0.1) is 0 Å². The van der Waals surface area contributed by atoms with Crippen molar-refractivity contribution >= 4 is 17.5 Å². The predicted octanol–water partition coefficient (Wildman–Crippen LogP) is 0.333. The molecule has 0 aliphatic heterocycles. The molecule has 0 aliphatic rings. The van der Waals surface area contributed by atoms with Crippen molar-refractivity contribution in [2.24, 2.45) is 0 Å².